The predicted octanol–water partition coefficient (Wildman–Crippen LogP) is 8.42. The zero-order chi connectivity index (χ0) is 27.8. The predicted molar refractivity (Wildman–Crippen MR) is 166 cm³/mol. The Morgan fingerprint density at radius 3 is 2.25 bits per heavy atom. The van der Waals surface area contributed by atoms with Crippen LogP contribution in [0.25, 0.3) is 5.69 Å². The van der Waals surface area contributed by atoms with Gasteiger partial charge in [0, 0.05) is 34.0 Å². The molecule has 1 aliphatic rings. The summed E-state index contributed by atoms with van der Waals surface area (Å²) in [7, 11) is 0. The number of nitrogens with zero attached hydrogens (tertiary/aromatic N) is 3. The molecule has 3 aromatic carbocycles. The summed E-state index contributed by atoms with van der Waals surface area (Å²) in [6.07, 6.45) is 1.83. The number of halogens is 1. The first-order chi connectivity index (χ1) is 19.4. The first-order valence-electron chi connectivity index (χ1n) is 13.2. The van der Waals surface area contributed by atoms with Crippen LogP contribution in [0.3, 0.4) is 0 Å². The van der Waals surface area contributed by atoms with Crippen molar-refractivity contribution in [3.8, 4) is 17.2 Å². The first-order valence-corrected chi connectivity index (χ1v) is 14.0. The van der Waals surface area contributed by atoms with Gasteiger partial charge in [-0.15, -0.1) is 0 Å². The summed E-state index contributed by atoms with van der Waals surface area (Å²) in [6.45, 7) is 6.33. The van der Waals surface area contributed by atoms with Crippen molar-refractivity contribution in [1.82, 2.24) is 14.9 Å². The molecule has 2 atom stereocenters. The molecule has 0 radical (unpaired) electrons. The molecule has 0 spiro atoms. The van der Waals surface area contributed by atoms with Gasteiger partial charge in [-0.1, -0.05) is 35.9 Å². The smallest absolute Gasteiger partial charge is 0.174 e. The van der Waals surface area contributed by atoms with Crippen LogP contribution in [0.2, 0.25) is 5.02 Å². The van der Waals surface area contributed by atoms with Gasteiger partial charge in [-0.25, -0.2) is 0 Å². The zero-order valence-corrected chi connectivity index (χ0v) is 24.1. The molecular weight excluding hydrogens is 536 g/mol. The highest BCUT2D eigenvalue weighted by molar-refractivity contribution is 7.80. The first kappa shape index (κ1) is 26.1. The van der Waals surface area contributed by atoms with Gasteiger partial charge in [0.25, 0.3) is 0 Å². The topological polar surface area (TPSA) is 42.3 Å². The Kier molecular flexibility index (Phi) is 7.05. The van der Waals surface area contributed by atoms with Crippen molar-refractivity contribution in [1.29, 1.82) is 0 Å². The van der Waals surface area contributed by atoms with E-state index in [0.29, 0.717) is 10.1 Å². The number of para-hydroxylation sites is 1. The number of aryl methyl sites for hydroxylation is 2. The average Bonchev–Trinajstić information content (AvgIpc) is 3.46. The van der Waals surface area contributed by atoms with E-state index in [2.05, 4.69) is 46.8 Å². The number of hydrogen-bond donors (Lipinski definition) is 1. The van der Waals surface area contributed by atoms with Gasteiger partial charge in [0.05, 0.1) is 17.8 Å². The molecule has 0 saturated carbocycles. The van der Waals surface area contributed by atoms with E-state index < -0.39 is 0 Å². The van der Waals surface area contributed by atoms with Crippen LogP contribution in [-0.2, 0) is 0 Å². The van der Waals surface area contributed by atoms with Gasteiger partial charge in [-0.05, 0) is 117 Å². The molecule has 1 saturated heterocycles. The number of benzene rings is 3. The Hall–Kier alpha value is -4.13. The summed E-state index contributed by atoms with van der Waals surface area (Å²) < 4.78 is 8.43. The summed E-state index contributed by atoms with van der Waals surface area (Å²) in [5.74, 6) is 1.62. The number of ether oxygens (including phenoxy) is 1. The van der Waals surface area contributed by atoms with Gasteiger partial charge in [0.1, 0.15) is 11.5 Å². The summed E-state index contributed by atoms with van der Waals surface area (Å²) in [5.41, 5.74) is 7.53. The van der Waals surface area contributed by atoms with Crippen molar-refractivity contribution in [2.75, 3.05) is 4.90 Å². The SMILES string of the molecule is Cc1ccccc1Oc1ccc(N2C(=S)N[C@@H](c3ccccn3)[C@@H]2c2cc(C)n(-c3ccc(Cl)cc3)c2C)cc1. The van der Waals surface area contributed by atoms with E-state index >= 15 is 0 Å². The lowest BCUT2D eigenvalue weighted by Crippen LogP contribution is -2.29. The van der Waals surface area contributed by atoms with Crippen molar-refractivity contribution in [2.45, 2.75) is 32.9 Å². The van der Waals surface area contributed by atoms with E-state index in [1.54, 1.807) is 0 Å². The maximum absolute atomic E-state index is 6.19. The Labute approximate surface area is 245 Å². The molecule has 40 heavy (non-hydrogen) atoms. The lowest BCUT2D eigenvalue weighted by molar-refractivity contribution is 0.479. The summed E-state index contributed by atoms with van der Waals surface area (Å²) in [5, 5.41) is 4.94. The molecule has 0 aliphatic carbocycles. The third-order valence-corrected chi connectivity index (χ3v) is 7.97. The molecule has 200 valence electrons. The molecule has 6 rings (SSSR count). The molecule has 1 aliphatic heterocycles. The second kappa shape index (κ2) is 10.8. The van der Waals surface area contributed by atoms with Crippen LogP contribution >= 0.6 is 23.8 Å². The molecule has 1 N–H and O–H groups in total. The third kappa shape index (κ3) is 4.85. The summed E-state index contributed by atoms with van der Waals surface area (Å²) >= 11 is 12.1. The Morgan fingerprint density at radius 2 is 1.55 bits per heavy atom. The van der Waals surface area contributed by atoms with E-state index in [9.17, 15) is 0 Å². The number of pyridine rings is 1. The van der Waals surface area contributed by atoms with Gasteiger partial charge >= 0.3 is 0 Å². The Balaban J connectivity index is 1.41. The number of aromatic nitrogens is 2. The maximum Gasteiger partial charge on any atom is 0.174 e. The highest BCUT2D eigenvalue weighted by atomic mass is 35.5. The second-order valence-electron chi connectivity index (χ2n) is 10.00. The molecule has 5 nitrogen and oxygen atoms in total. The molecule has 0 amide bonds. The molecule has 0 bridgehead atoms. The van der Waals surface area contributed by atoms with Crippen LogP contribution in [0.15, 0.2) is 103 Å². The standard InChI is InChI=1S/C33H29ClN4OS/c1-21-8-4-5-10-30(21)39-27-17-15-26(16-18-27)38-32(31(36-33(38)40)29-9-6-7-19-35-29)28-20-22(2)37(23(28)3)25-13-11-24(34)12-14-25/h4-20,31-32H,1-3H3,(H,36,40)/t31-,32-/m0/s1. The minimum atomic E-state index is -0.129. The van der Waals surface area contributed by atoms with E-state index in [1.165, 1.54) is 5.56 Å². The molecular formula is C33H29ClN4OS. The molecule has 2 aromatic heterocycles. The number of anilines is 1. The van der Waals surface area contributed by atoms with Crippen LogP contribution in [-0.4, -0.2) is 14.7 Å². The third-order valence-electron chi connectivity index (χ3n) is 7.41. The monoisotopic (exact) mass is 564 g/mol. The minimum Gasteiger partial charge on any atom is -0.457 e. The van der Waals surface area contributed by atoms with E-state index in [-0.39, 0.29) is 12.1 Å². The van der Waals surface area contributed by atoms with Crippen LogP contribution < -0.4 is 15.0 Å². The van der Waals surface area contributed by atoms with E-state index in [1.807, 2.05) is 92.0 Å². The van der Waals surface area contributed by atoms with Crippen LogP contribution in [0.4, 0.5) is 5.69 Å². The summed E-state index contributed by atoms with van der Waals surface area (Å²) in [4.78, 5) is 6.90. The largest absolute Gasteiger partial charge is 0.457 e. The highest BCUT2D eigenvalue weighted by Gasteiger charge is 2.42. The molecule has 3 heterocycles. The van der Waals surface area contributed by atoms with Crippen molar-refractivity contribution in [3.63, 3.8) is 0 Å². The lowest BCUT2D eigenvalue weighted by Gasteiger charge is -2.28. The van der Waals surface area contributed by atoms with Gasteiger partial charge in [-0.2, -0.15) is 0 Å². The molecule has 0 unspecified atom stereocenters. The van der Waals surface area contributed by atoms with Crippen LogP contribution in [0.1, 0.15) is 40.3 Å². The maximum atomic E-state index is 6.19. The van der Waals surface area contributed by atoms with Crippen molar-refractivity contribution in [2.24, 2.45) is 0 Å². The highest BCUT2D eigenvalue weighted by Crippen LogP contribution is 2.44. The van der Waals surface area contributed by atoms with Gasteiger partial charge < -0.3 is 19.5 Å². The fraction of sp³-hybridized carbons (Fsp3) is 0.152. The fourth-order valence-electron chi connectivity index (χ4n) is 5.50. The van der Waals surface area contributed by atoms with Crippen molar-refractivity contribution >= 4 is 34.6 Å². The lowest BCUT2D eigenvalue weighted by atomic mass is 9.96. The normalized spacial score (nSPS) is 16.7. The number of thiocarbonyl (C=S) groups is 1. The number of nitrogens with one attached hydrogen (secondary N) is 1. The van der Waals surface area contributed by atoms with Crippen LogP contribution in [0, 0.1) is 20.8 Å². The van der Waals surface area contributed by atoms with Gasteiger partial charge in [-0.3, -0.25) is 4.98 Å². The van der Waals surface area contributed by atoms with Crippen molar-refractivity contribution < 1.29 is 4.74 Å². The minimum absolute atomic E-state index is 0.113. The number of rotatable bonds is 6. The molecule has 1 fully saturated rings. The molecule has 7 heteroatoms. The quantitative estimate of drug-likeness (QED) is 0.210. The molecule has 5 aromatic rings. The summed E-state index contributed by atoms with van der Waals surface area (Å²) in [6, 6.07) is 32.1. The Morgan fingerprint density at radius 1 is 0.850 bits per heavy atom. The number of hydrogen-bond acceptors (Lipinski definition) is 3. The van der Waals surface area contributed by atoms with E-state index in [4.69, 9.17) is 33.5 Å². The van der Waals surface area contributed by atoms with Gasteiger partial charge in [0.15, 0.2) is 5.11 Å². The average molecular weight is 565 g/mol. The zero-order valence-electron chi connectivity index (χ0n) is 22.5. The van der Waals surface area contributed by atoms with Crippen molar-refractivity contribution in [3.05, 3.63) is 136 Å². The Bertz CT molecular complexity index is 1670. The van der Waals surface area contributed by atoms with Gasteiger partial charge in [0.2, 0.25) is 0 Å². The fourth-order valence-corrected chi connectivity index (χ4v) is 5.97. The second-order valence-corrected chi connectivity index (χ2v) is 10.8. The van der Waals surface area contributed by atoms with Crippen LogP contribution in [0.5, 0.6) is 11.5 Å². The van der Waals surface area contributed by atoms with E-state index in [0.717, 1.165) is 45.5 Å².